The van der Waals surface area contributed by atoms with Crippen molar-refractivity contribution in [3.63, 3.8) is 0 Å². The molecule has 1 amide bonds. The van der Waals surface area contributed by atoms with Gasteiger partial charge in [0.25, 0.3) is 5.91 Å². The van der Waals surface area contributed by atoms with E-state index in [2.05, 4.69) is 19.3 Å². The van der Waals surface area contributed by atoms with E-state index in [0.717, 1.165) is 66.9 Å². The van der Waals surface area contributed by atoms with E-state index in [0.29, 0.717) is 17.8 Å². The Kier molecular flexibility index (Phi) is 6.24. The van der Waals surface area contributed by atoms with E-state index in [1.165, 1.54) is 23.7 Å². The van der Waals surface area contributed by atoms with E-state index in [1.54, 1.807) is 11.0 Å². The van der Waals surface area contributed by atoms with Gasteiger partial charge in [0.1, 0.15) is 11.5 Å². The van der Waals surface area contributed by atoms with Crippen molar-refractivity contribution in [1.29, 1.82) is 0 Å². The molecule has 172 valence electrons. The molecule has 1 saturated heterocycles. The van der Waals surface area contributed by atoms with Crippen molar-refractivity contribution in [2.75, 3.05) is 51.2 Å². The zero-order valence-corrected chi connectivity index (χ0v) is 19.4. The maximum Gasteiger partial charge on any atom is 0.273 e. The molecule has 33 heavy (non-hydrogen) atoms. The number of halogens is 1. The largest absolute Gasteiger partial charge is 0.354 e. The van der Waals surface area contributed by atoms with Crippen molar-refractivity contribution in [2.24, 2.45) is 0 Å². The molecule has 0 radical (unpaired) electrons. The second-order valence-corrected chi connectivity index (χ2v) is 9.24. The van der Waals surface area contributed by atoms with Gasteiger partial charge in [-0.1, -0.05) is 23.4 Å². The normalized spacial score (nSPS) is 14.9. The molecular weight excluding hydrogens is 441 g/mol. The standard InChI is InChI=1S/C24H26FN5O2S/c1-28(24(31)22-19-6-2-3-7-21(19)33-27-22)10-4-5-11-29-12-14-30(15-13-29)23-18-9-8-17(25)16-20(18)32-26-23/h2-3,6-9,16H,4-5,10-15H2,1H3. The van der Waals surface area contributed by atoms with E-state index >= 15 is 0 Å². The highest BCUT2D eigenvalue weighted by Crippen LogP contribution is 2.27. The van der Waals surface area contributed by atoms with Crippen molar-refractivity contribution >= 4 is 44.3 Å². The number of hydrogen-bond acceptors (Lipinski definition) is 7. The number of carbonyl (C=O) groups excluding carboxylic acids is 1. The minimum atomic E-state index is -0.317. The summed E-state index contributed by atoms with van der Waals surface area (Å²) >= 11 is 1.37. The van der Waals surface area contributed by atoms with Gasteiger partial charge < -0.3 is 14.3 Å². The smallest absolute Gasteiger partial charge is 0.273 e. The first-order valence-electron chi connectivity index (χ1n) is 11.2. The Morgan fingerprint density at radius 2 is 1.94 bits per heavy atom. The summed E-state index contributed by atoms with van der Waals surface area (Å²) in [6.07, 6.45) is 1.98. The first-order chi connectivity index (χ1) is 16.1. The van der Waals surface area contributed by atoms with Crippen LogP contribution < -0.4 is 4.90 Å². The van der Waals surface area contributed by atoms with Crippen molar-refractivity contribution in [2.45, 2.75) is 12.8 Å². The monoisotopic (exact) mass is 467 g/mol. The highest BCUT2D eigenvalue weighted by Gasteiger charge is 2.22. The summed E-state index contributed by atoms with van der Waals surface area (Å²) in [6, 6.07) is 12.4. The molecule has 9 heteroatoms. The number of benzene rings is 2. The fraction of sp³-hybridized carbons (Fsp3) is 0.375. The number of nitrogens with zero attached hydrogens (tertiary/aromatic N) is 5. The van der Waals surface area contributed by atoms with Crippen molar-refractivity contribution in [1.82, 2.24) is 19.3 Å². The Hall–Kier alpha value is -3.04. The van der Waals surface area contributed by atoms with Gasteiger partial charge >= 0.3 is 0 Å². The Labute approximate surface area is 195 Å². The average molecular weight is 468 g/mol. The molecule has 2 aromatic heterocycles. The summed E-state index contributed by atoms with van der Waals surface area (Å²) in [5.74, 6) is 0.461. The lowest BCUT2D eigenvalue weighted by atomic mass is 10.2. The predicted octanol–water partition coefficient (Wildman–Crippen LogP) is 4.25. The third-order valence-electron chi connectivity index (χ3n) is 6.23. The van der Waals surface area contributed by atoms with Gasteiger partial charge in [0, 0.05) is 51.2 Å². The summed E-state index contributed by atoms with van der Waals surface area (Å²) < 4.78 is 24.1. The summed E-state index contributed by atoms with van der Waals surface area (Å²) in [4.78, 5) is 19.2. The van der Waals surface area contributed by atoms with E-state index in [4.69, 9.17) is 4.52 Å². The average Bonchev–Trinajstić information content (AvgIpc) is 3.45. The van der Waals surface area contributed by atoms with Crippen molar-refractivity contribution in [3.8, 4) is 0 Å². The highest BCUT2D eigenvalue weighted by atomic mass is 32.1. The molecule has 0 bridgehead atoms. The van der Waals surface area contributed by atoms with Crippen LogP contribution in [0.3, 0.4) is 0 Å². The van der Waals surface area contributed by atoms with Crippen molar-refractivity contribution < 1.29 is 13.7 Å². The second kappa shape index (κ2) is 9.44. The zero-order chi connectivity index (χ0) is 22.8. The topological polar surface area (TPSA) is 65.7 Å². The number of amides is 1. The minimum absolute atomic E-state index is 0.0132. The molecule has 0 saturated carbocycles. The Morgan fingerprint density at radius 3 is 2.79 bits per heavy atom. The lowest BCUT2D eigenvalue weighted by Gasteiger charge is -2.34. The van der Waals surface area contributed by atoms with E-state index in [1.807, 2.05) is 31.3 Å². The molecule has 2 aromatic carbocycles. The third kappa shape index (κ3) is 4.56. The summed E-state index contributed by atoms with van der Waals surface area (Å²) in [5.41, 5.74) is 1.04. The number of piperazine rings is 1. The van der Waals surface area contributed by atoms with Crippen LogP contribution in [-0.4, -0.2) is 71.6 Å². The van der Waals surface area contributed by atoms with Gasteiger partial charge in [0.2, 0.25) is 0 Å². The molecule has 4 aromatic rings. The van der Waals surface area contributed by atoms with Gasteiger partial charge in [-0.2, -0.15) is 4.37 Å². The highest BCUT2D eigenvalue weighted by molar-refractivity contribution is 7.13. The van der Waals surface area contributed by atoms with Gasteiger partial charge in [0.15, 0.2) is 11.4 Å². The third-order valence-corrected chi connectivity index (χ3v) is 7.06. The van der Waals surface area contributed by atoms with Crippen molar-refractivity contribution in [3.05, 3.63) is 54.0 Å². The minimum Gasteiger partial charge on any atom is -0.354 e. The van der Waals surface area contributed by atoms with Gasteiger partial charge in [-0.25, -0.2) is 4.39 Å². The van der Waals surface area contributed by atoms with Crippen LogP contribution in [0.15, 0.2) is 47.0 Å². The molecule has 0 unspecified atom stereocenters. The molecular formula is C24H26FN5O2S. The molecule has 1 aliphatic rings. The number of anilines is 1. The van der Waals surface area contributed by atoms with Gasteiger partial charge in [-0.15, -0.1) is 0 Å². The number of rotatable bonds is 7. The van der Waals surface area contributed by atoms with Crippen LogP contribution in [0.2, 0.25) is 0 Å². The Bertz CT molecular complexity index is 1260. The van der Waals surface area contributed by atoms with Gasteiger partial charge in [-0.3, -0.25) is 9.69 Å². The summed E-state index contributed by atoms with van der Waals surface area (Å²) in [5, 5.41) is 5.95. The number of hydrogen-bond donors (Lipinski definition) is 0. The number of aromatic nitrogens is 2. The Morgan fingerprint density at radius 1 is 1.12 bits per heavy atom. The molecule has 0 atom stereocenters. The zero-order valence-electron chi connectivity index (χ0n) is 18.5. The molecule has 1 fully saturated rings. The van der Waals surface area contributed by atoms with Crippen LogP contribution >= 0.6 is 11.5 Å². The number of unbranched alkanes of at least 4 members (excludes halogenated alkanes) is 1. The van der Waals surface area contributed by atoms with Crippen LogP contribution in [0.4, 0.5) is 10.2 Å². The van der Waals surface area contributed by atoms with Gasteiger partial charge in [-0.05, 0) is 49.1 Å². The first kappa shape index (κ1) is 21.8. The lowest BCUT2D eigenvalue weighted by molar-refractivity contribution is 0.0788. The van der Waals surface area contributed by atoms with E-state index < -0.39 is 0 Å². The second-order valence-electron chi connectivity index (χ2n) is 8.44. The number of carbonyl (C=O) groups is 1. The fourth-order valence-corrected chi connectivity index (χ4v) is 5.08. The molecule has 0 N–H and O–H groups in total. The van der Waals surface area contributed by atoms with Crippen LogP contribution in [0.1, 0.15) is 23.3 Å². The maximum atomic E-state index is 13.4. The van der Waals surface area contributed by atoms with Crippen LogP contribution in [-0.2, 0) is 0 Å². The predicted molar refractivity (Wildman–Crippen MR) is 128 cm³/mol. The molecule has 3 heterocycles. The summed E-state index contributed by atoms with van der Waals surface area (Å²) in [7, 11) is 1.85. The maximum absolute atomic E-state index is 13.4. The molecule has 7 nitrogen and oxygen atoms in total. The summed E-state index contributed by atoms with van der Waals surface area (Å²) in [6.45, 7) is 5.30. The molecule has 1 aliphatic heterocycles. The Balaban J connectivity index is 1.07. The van der Waals surface area contributed by atoms with E-state index in [9.17, 15) is 9.18 Å². The van der Waals surface area contributed by atoms with Crippen LogP contribution in [0.5, 0.6) is 0 Å². The van der Waals surface area contributed by atoms with E-state index in [-0.39, 0.29) is 11.7 Å². The molecule has 0 aliphatic carbocycles. The molecule has 5 rings (SSSR count). The molecule has 0 spiro atoms. The quantitative estimate of drug-likeness (QED) is 0.379. The SMILES string of the molecule is CN(CCCCN1CCN(c2noc3cc(F)ccc23)CC1)C(=O)c1nsc2ccccc12. The van der Waals surface area contributed by atoms with Gasteiger partial charge in [0.05, 0.1) is 10.1 Å². The lowest BCUT2D eigenvalue weighted by Crippen LogP contribution is -2.46. The van der Waals surface area contributed by atoms with Crippen LogP contribution in [0.25, 0.3) is 21.1 Å². The fourth-order valence-electron chi connectivity index (χ4n) is 4.32. The van der Waals surface area contributed by atoms with Crippen LogP contribution in [0, 0.1) is 5.82 Å². The first-order valence-corrected chi connectivity index (χ1v) is 12.0. The number of fused-ring (bicyclic) bond motifs is 2.